The van der Waals surface area contributed by atoms with Crippen LogP contribution in [0, 0.1) is 16.7 Å². The highest BCUT2D eigenvalue weighted by molar-refractivity contribution is 5.94. The van der Waals surface area contributed by atoms with Crippen LogP contribution in [-0.2, 0) is 9.59 Å². The normalized spacial score (nSPS) is 23.6. The first-order chi connectivity index (χ1) is 12.7. The molecule has 1 fully saturated rings. The maximum Gasteiger partial charge on any atom is 0.228 e. The summed E-state index contributed by atoms with van der Waals surface area (Å²) in [5.41, 5.74) is 0.924. The molecule has 0 radical (unpaired) electrons. The summed E-state index contributed by atoms with van der Waals surface area (Å²) < 4.78 is 0. The number of hydrogen-bond donors (Lipinski definition) is 2. The van der Waals surface area contributed by atoms with Crippen molar-refractivity contribution in [3.63, 3.8) is 0 Å². The number of nitrogens with one attached hydrogen (secondary N) is 2. The fourth-order valence-corrected chi connectivity index (χ4v) is 3.88. The van der Waals surface area contributed by atoms with Crippen molar-refractivity contribution in [3.05, 3.63) is 54.6 Å². The van der Waals surface area contributed by atoms with Gasteiger partial charge in [0.2, 0.25) is 5.91 Å². The third-order valence-electron chi connectivity index (χ3n) is 6.21. The van der Waals surface area contributed by atoms with E-state index in [1.807, 2.05) is 68.4 Å². The average molecular weight is 365 g/mol. The van der Waals surface area contributed by atoms with Crippen molar-refractivity contribution in [2.24, 2.45) is 16.7 Å². The molecule has 142 valence electrons. The van der Waals surface area contributed by atoms with Gasteiger partial charge < -0.3 is 20.5 Å². The fraction of sp³-hybridized carbons (Fsp3) is 0.364. The summed E-state index contributed by atoms with van der Waals surface area (Å²) in [6.07, 6.45) is 0.983. The maximum absolute atomic E-state index is 12.8. The minimum absolute atomic E-state index is 0.145. The Morgan fingerprint density at radius 3 is 2.04 bits per heavy atom. The lowest BCUT2D eigenvalue weighted by Gasteiger charge is -2.41. The molecule has 1 amide bonds. The van der Waals surface area contributed by atoms with Crippen molar-refractivity contribution < 1.29 is 14.7 Å². The van der Waals surface area contributed by atoms with Crippen molar-refractivity contribution in [2.45, 2.75) is 33.6 Å². The van der Waals surface area contributed by atoms with Gasteiger partial charge in [-0.3, -0.25) is 4.79 Å². The lowest BCUT2D eigenvalue weighted by Crippen LogP contribution is -2.49. The number of carbonyl (C=O) groups is 2. The molecule has 0 spiro atoms. The van der Waals surface area contributed by atoms with Gasteiger partial charge >= 0.3 is 0 Å². The van der Waals surface area contributed by atoms with Crippen molar-refractivity contribution in [2.75, 3.05) is 10.6 Å². The van der Waals surface area contributed by atoms with Crippen LogP contribution >= 0.6 is 0 Å². The number of carboxylic acid groups (broad SMARTS) is 1. The number of anilines is 3. The molecular weight excluding hydrogens is 340 g/mol. The standard InChI is InChI=1S/C22H26N2O3/c1-21(2)18(13-14-22(21,3)20(26)27)19(25)24-17-11-9-16(10-12-17)23-15-7-5-4-6-8-15/h4-12,18,23H,13-14H2,1-3H3,(H,24,25)(H,26,27)/p-1/t18-,22-/m0/s1. The Bertz CT molecular complexity index is 830. The number of benzene rings is 2. The van der Waals surface area contributed by atoms with Crippen LogP contribution in [0.5, 0.6) is 0 Å². The second kappa shape index (κ2) is 7.06. The van der Waals surface area contributed by atoms with Crippen LogP contribution in [0.4, 0.5) is 17.1 Å². The van der Waals surface area contributed by atoms with Crippen LogP contribution in [0.15, 0.2) is 54.6 Å². The molecule has 0 saturated heterocycles. The van der Waals surface area contributed by atoms with E-state index in [1.165, 1.54) is 0 Å². The molecule has 2 N–H and O–H groups in total. The molecule has 5 nitrogen and oxygen atoms in total. The Kier molecular flexibility index (Phi) is 4.96. The van der Waals surface area contributed by atoms with E-state index in [0.717, 1.165) is 11.4 Å². The summed E-state index contributed by atoms with van der Waals surface area (Å²) in [7, 11) is 0. The molecule has 2 aromatic rings. The molecule has 3 rings (SSSR count). The van der Waals surface area contributed by atoms with Crippen LogP contribution in [-0.4, -0.2) is 11.9 Å². The van der Waals surface area contributed by atoms with Gasteiger partial charge in [0.15, 0.2) is 0 Å². The second-order valence-corrected chi connectivity index (χ2v) is 7.99. The largest absolute Gasteiger partial charge is 0.550 e. The zero-order valence-electron chi connectivity index (χ0n) is 15.9. The summed E-state index contributed by atoms with van der Waals surface area (Å²) in [4.78, 5) is 24.4. The maximum atomic E-state index is 12.8. The monoisotopic (exact) mass is 365 g/mol. The summed E-state index contributed by atoms with van der Waals surface area (Å²) in [6.45, 7) is 5.36. The molecule has 2 aromatic carbocycles. The van der Waals surface area contributed by atoms with Crippen LogP contribution in [0.3, 0.4) is 0 Å². The van der Waals surface area contributed by atoms with E-state index >= 15 is 0 Å². The number of aliphatic carboxylic acids is 1. The fourth-order valence-electron chi connectivity index (χ4n) is 3.88. The zero-order chi connectivity index (χ0) is 19.7. The smallest absolute Gasteiger partial charge is 0.228 e. The molecule has 1 aliphatic carbocycles. The first-order valence-corrected chi connectivity index (χ1v) is 9.18. The minimum atomic E-state index is -1.08. The molecule has 2 atom stereocenters. The molecule has 0 aliphatic heterocycles. The molecular formula is C22H25N2O3-. The number of para-hydroxylation sites is 1. The van der Waals surface area contributed by atoms with Gasteiger partial charge in [-0.2, -0.15) is 0 Å². The Labute approximate surface area is 159 Å². The highest BCUT2D eigenvalue weighted by Gasteiger charge is 2.54. The molecule has 27 heavy (non-hydrogen) atoms. The van der Waals surface area contributed by atoms with E-state index in [4.69, 9.17) is 0 Å². The lowest BCUT2D eigenvalue weighted by atomic mass is 9.65. The molecule has 1 saturated carbocycles. The summed E-state index contributed by atoms with van der Waals surface area (Å²) in [5.74, 6) is -1.60. The van der Waals surface area contributed by atoms with Crippen LogP contribution in [0.25, 0.3) is 0 Å². The first-order valence-electron chi connectivity index (χ1n) is 9.18. The zero-order valence-corrected chi connectivity index (χ0v) is 15.9. The van der Waals surface area contributed by atoms with Gasteiger partial charge in [0.1, 0.15) is 0 Å². The minimum Gasteiger partial charge on any atom is -0.550 e. The topological polar surface area (TPSA) is 81.3 Å². The first kappa shape index (κ1) is 19.0. The second-order valence-electron chi connectivity index (χ2n) is 7.99. The Morgan fingerprint density at radius 2 is 1.48 bits per heavy atom. The average Bonchev–Trinajstić information content (AvgIpc) is 2.88. The molecule has 1 aliphatic rings. The van der Waals surface area contributed by atoms with E-state index < -0.39 is 16.8 Å². The highest BCUT2D eigenvalue weighted by Crippen LogP contribution is 2.55. The summed E-state index contributed by atoms with van der Waals surface area (Å²) in [6, 6.07) is 17.3. The predicted molar refractivity (Wildman–Crippen MR) is 104 cm³/mol. The van der Waals surface area contributed by atoms with Crippen molar-refractivity contribution in [1.82, 2.24) is 0 Å². The predicted octanol–water partition coefficient (Wildman–Crippen LogP) is 3.56. The van der Waals surface area contributed by atoms with E-state index in [-0.39, 0.29) is 11.8 Å². The number of hydrogen-bond acceptors (Lipinski definition) is 4. The molecule has 0 bridgehead atoms. The van der Waals surface area contributed by atoms with Crippen LogP contribution in [0.1, 0.15) is 33.6 Å². The Hall–Kier alpha value is -2.82. The van der Waals surface area contributed by atoms with E-state index in [9.17, 15) is 14.7 Å². The van der Waals surface area contributed by atoms with Gasteiger partial charge in [-0.15, -0.1) is 0 Å². The van der Waals surface area contributed by atoms with E-state index in [2.05, 4.69) is 10.6 Å². The number of carboxylic acids is 1. The lowest BCUT2D eigenvalue weighted by molar-refractivity contribution is -0.323. The van der Waals surface area contributed by atoms with Gasteiger partial charge in [-0.1, -0.05) is 39.0 Å². The van der Waals surface area contributed by atoms with Crippen molar-refractivity contribution in [3.8, 4) is 0 Å². The van der Waals surface area contributed by atoms with E-state index in [1.54, 1.807) is 6.92 Å². The number of amides is 1. The van der Waals surface area contributed by atoms with Gasteiger partial charge in [0.05, 0.1) is 0 Å². The van der Waals surface area contributed by atoms with Crippen LogP contribution < -0.4 is 15.7 Å². The van der Waals surface area contributed by atoms with Crippen molar-refractivity contribution >= 4 is 28.9 Å². The highest BCUT2D eigenvalue weighted by atomic mass is 16.4. The third-order valence-corrected chi connectivity index (χ3v) is 6.21. The summed E-state index contributed by atoms with van der Waals surface area (Å²) in [5, 5.41) is 17.8. The van der Waals surface area contributed by atoms with Gasteiger partial charge in [-0.05, 0) is 54.7 Å². The Morgan fingerprint density at radius 1 is 0.926 bits per heavy atom. The molecule has 5 heteroatoms. The van der Waals surface area contributed by atoms with Gasteiger partial charge in [0, 0.05) is 34.4 Å². The summed E-state index contributed by atoms with van der Waals surface area (Å²) >= 11 is 0. The molecule has 0 heterocycles. The molecule has 0 aromatic heterocycles. The SMILES string of the molecule is CC1(C)[C@H](C(=O)Nc2ccc(Nc3ccccc3)cc2)CC[C@@]1(C)C(=O)[O-]. The third kappa shape index (κ3) is 3.54. The van der Waals surface area contributed by atoms with Crippen molar-refractivity contribution in [1.29, 1.82) is 0 Å². The Balaban J connectivity index is 1.67. The van der Waals surface area contributed by atoms with Gasteiger partial charge in [-0.25, -0.2) is 0 Å². The van der Waals surface area contributed by atoms with Gasteiger partial charge in [0.25, 0.3) is 0 Å². The van der Waals surface area contributed by atoms with E-state index in [0.29, 0.717) is 18.5 Å². The van der Waals surface area contributed by atoms with Crippen LogP contribution in [0.2, 0.25) is 0 Å². The quantitative estimate of drug-likeness (QED) is 0.849. The molecule has 0 unspecified atom stereocenters. The number of carbonyl (C=O) groups excluding carboxylic acids is 2. The number of rotatable bonds is 5.